The number of fused-ring (bicyclic) bond motifs is 1. The Kier molecular flexibility index (Phi) is 7.14. The Morgan fingerprint density at radius 2 is 1.91 bits per heavy atom. The van der Waals surface area contributed by atoms with Crippen molar-refractivity contribution >= 4 is 38.4 Å². The molecule has 1 fully saturated rings. The summed E-state index contributed by atoms with van der Waals surface area (Å²) in [4.78, 5) is 7.44. The fourth-order valence-electron chi connectivity index (χ4n) is 5.39. The molecular formula is C26H28IN5O2S. The molecule has 3 aromatic rings. The average molecular weight is 602 g/mol. The van der Waals surface area contributed by atoms with Gasteiger partial charge in [0, 0.05) is 29.1 Å². The number of imidazole rings is 1. The summed E-state index contributed by atoms with van der Waals surface area (Å²) in [5.41, 5.74) is 4.32. The second-order valence-electron chi connectivity index (χ2n) is 9.36. The van der Waals surface area contributed by atoms with E-state index in [1.165, 1.54) is 0 Å². The molecule has 35 heavy (non-hydrogen) atoms. The normalized spacial score (nSPS) is 21.4. The molecule has 1 aliphatic heterocycles. The van der Waals surface area contributed by atoms with Crippen LogP contribution in [0.4, 0.5) is 5.69 Å². The standard InChI is InChI=1S/C26H28IN5O2S/c27-32-25(13-19-6-2-1-3-7-19)26(35(33,34)23-8-4-5-9-23)14-21-12-20(15-28)10-11-24(21)31(32)17-22-16-29-18-30-22/h1-3,6-7,10-12,16,18,23,25-26H,4-5,8-9,13-14,17H2,(H,29,30). The molecule has 1 aromatic heterocycles. The highest BCUT2D eigenvalue weighted by atomic mass is 127. The van der Waals surface area contributed by atoms with Gasteiger partial charge in [0.25, 0.3) is 0 Å². The number of nitriles is 1. The van der Waals surface area contributed by atoms with Crippen molar-refractivity contribution in [3.63, 3.8) is 0 Å². The molecule has 2 aromatic carbocycles. The Balaban J connectivity index is 1.63. The zero-order valence-corrected chi connectivity index (χ0v) is 22.3. The van der Waals surface area contributed by atoms with Crippen molar-refractivity contribution in [3.8, 4) is 6.07 Å². The quantitative estimate of drug-likeness (QED) is 0.324. The number of benzene rings is 2. The lowest BCUT2D eigenvalue weighted by atomic mass is 9.98. The van der Waals surface area contributed by atoms with Crippen LogP contribution in [0.15, 0.2) is 61.1 Å². The van der Waals surface area contributed by atoms with Gasteiger partial charge in [-0.05, 0) is 55.0 Å². The number of H-pyrrole nitrogens is 1. The number of hydrogen-bond donors (Lipinski definition) is 1. The Labute approximate surface area is 220 Å². The molecule has 0 saturated heterocycles. The number of hydrogen-bond acceptors (Lipinski definition) is 6. The first-order valence-electron chi connectivity index (χ1n) is 12.0. The molecular weight excluding hydrogens is 573 g/mol. The molecule has 1 aliphatic carbocycles. The van der Waals surface area contributed by atoms with Gasteiger partial charge < -0.3 is 4.98 Å². The van der Waals surface area contributed by atoms with Crippen molar-refractivity contribution in [3.05, 3.63) is 83.4 Å². The van der Waals surface area contributed by atoms with Gasteiger partial charge in [-0.2, -0.15) is 8.48 Å². The second kappa shape index (κ2) is 10.3. The molecule has 1 N–H and O–H groups in total. The summed E-state index contributed by atoms with van der Waals surface area (Å²) < 4.78 is 30.4. The van der Waals surface area contributed by atoms with Crippen molar-refractivity contribution in [2.75, 3.05) is 5.01 Å². The molecule has 0 spiro atoms. The van der Waals surface area contributed by atoms with Gasteiger partial charge in [0.05, 0.1) is 52.4 Å². The van der Waals surface area contributed by atoms with E-state index in [0.717, 1.165) is 48.2 Å². The number of aromatic nitrogens is 2. The maximum atomic E-state index is 14.1. The first-order chi connectivity index (χ1) is 17.0. The van der Waals surface area contributed by atoms with E-state index in [2.05, 4.69) is 59.3 Å². The van der Waals surface area contributed by atoms with Gasteiger partial charge in [0.15, 0.2) is 9.84 Å². The molecule has 5 rings (SSSR count). The molecule has 0 amide bonds. The number of rotatable bonds is 6. The predicted octanol–water partition coefficient (Wildman–Crippen LogP) is 4.75. The van der Waals surface area contributed by atoms with E-state index in [0.29, 0.717) is 24.9 Å². The van der Waals surface area contributed by atoms with Gasteiger partial charge in [-0.15, -0.1) is 0 Å². The highest BCUT2D eigenvalue weighted by Crippen LogP contribution is 2.40. The van der Waals surface area contributed by atoms with Crippen LogP contribution in [0.25, 0.3) is 0 Å². The Morgan fingerprint density at radius 3 is 2.60 bits per heavy atom. The van der Waals surface area contributed by atoms with E-state index in [4.69, 9.17) is 0 Å². The topological polar surface area (TPSA) is 93.1 Å². The van der Waals surface area contributed by atoms with E-state index in [1.807, 2.05) is 36.5 Å². The number of aromatic amines is 1. The van der Waals surface area contributed by atoms with Gasteiger partial charge in [-0.1, -0.05) is 43.2 Å². The molecule has 182 valence electrons. The van der Waals surface area contributed by atoms with Gasteiger partial charge in [-0.3, -0.25) is 5.01 Å². The lowest BCUT2D eigenvalue weighted by Crippen LogP contribution is -2.51. The molecule has 2 atom stereocenters. The fraction of sp³-hybridized carbons (Fsp3) is 0.385. The summed E-state index contributed by atoms with van der Waals surface area (Å²) in [5.74, 6) is 0. The van der Waals surface area contributed by atoms with Crippen LogP contribution in [-0.2, 0) is 29.2 Å². The fourth-order valence-corrected chi connectivity index (χ4v) is 9.12. The minimum Gasteiger partial charge on any atom is -0.351 e. The zero-order chi connectivity index (χ0) is 24.4. The van der Waals surface area contributed by atoms with E-state index < -0.39 is 15.1 Å². The van der Waals surface area contributed by atoms with E-state index in [9.17, 15) is 13.7 Å². The minimum atomic E-state index is -3.41. The Bertz CT molecular complexity index is 1300. The summed E-state index contributed by atoms with van der Waals surface area (Å²) in [7, 11) is -3.41. The number of nitrogens with one attached hydrogen (secondary N) is 1. The lowest BCUT2D eigenvalue weighted by molar-refractivity contribution is 0.339. The van der Waals surface area contributed by atoms with Crippen LogP contribution in [0, 0.1) is 11.3 Å². The predicted molar refractivity (Wildman–Crippen MR) is 144 cm³/mol. The van der Waals surface area contributed by atoms with Crippen LogP contribution in [0.2, 0.25) is 0 Å². The van der Waals surface area contributed by atoms with Gasteiger partial charge in [0.1, 0.15) is 0 Å². The molecule has 9 heteroatoms. The van der Waals surface area contributed by atoms with E-state index >= 15 is 0 Å². The number of sulfone groups is 1. The van der Waals surface area contributed by atoms with Gasteiger partial charge in [0.2, 0.25) is 0 Å². The van der Waals surface area contributed by atoms with Crippen molar-refractivity contribution in [2.45, 2.75) is 61.6 Å². The highest BCUT2D eigenvalue weighted by molar-refractivity contribution is 14.1. The Hall–Kier alpha value is -2.42. The molecule has 2 heterocycles. The first-order valence-corrected chi connectivity index (χ1v) is 14.5. The van der Waals surface area contributed by atoms with Crippen LogP contribution in [0.1, 0.15) is 48.1 Å². The van der Waals surface area contributed by atoms with Crippen molar-refractivity contribution in [1.29, 1.82) is 5.26 Å². The van der Waals surface area contributed by atoms with Crippen LogP contribution in [0.5, 0.6) is 0 Å². The average Bonchev–Trinajstić information content (AvgIpc) is 3.58. The third kappa shape index (κ3) is 4.97. The van der Waals surface area contributed by atoms with Crippen molar-refractivity contribution in [1.82, 2.24) is 13.2 Å². The van der Waals surface area contributed by atoms with Crippen molar-refractivity contribution in [2.24, 2.45) is 0 Å². The third-order valence-electron chi connectivity index (χ3n) is 7.18. The smallest absolute Gasteiger partial charge is 0.157 e. The SMILES string of the molecule is N#Cc1ccc2c(c1)CC(S(=O)(=O)C1CCCC1)C(Cc1ccccc1)N(I)N2Cc1c[nH]cn1. The maximum Gasteiger partial charge on any atom is 0.157 e. The summed E-state index contributed by atoms with van der Waals surface area (Å²) in [6.07, 6.45) is 7.91. The zero-order valence-electron chi connectivity index (χ0n) is 19.3. The van der Waals surface area contributed by atoms with Crippen LogP contribution >= 0.6 is 22.9 Å². The molecule has 2 aliphatic rings. The maximum absolute atomic E-state index is 14.1. The van der Waals surface area contributed by atoms with Crippen LogP contribution in [0.3, 0.4) is 0 Å². The lowest BCUT2D eigenvalue weighted by Gasteiger charge is -2.38. The van der Waals surface area contributed by atoms with Crippen molar-refractivity contribution < 1.29 is 8.42 Å². The second-order valence-corrected chi connectivity index (χ2v) is 12.8. The minimum absolute atomic E-state index is 0.277. The highest BCUT2D eigenvalue weighted by Gasteiger charge is 2.45. The van der Waals surface area contributed by atoms with E-state index in [-0.39, 0.29) is 11.3 Å². The molecule has 1 saturated carbocycles. The van der Waals surface area contributed by atoms with Gasteiger partial charge >= 0.3 is 0 Å². The number of nitrogens with zero attached hydrogens (tertiary/aromatic N) is 4. The number of hydrazine groups is 1. The molecule has 0 bridgehead atoms. The summed E-state index contributed by atoms with van der Waals surface area (Å²) in [6, 6.07) is 17.7. The summed E-state index contributed by atoms with van der Waals surface area (Å²) in [6.45, 7) is 0.493. The molecule has 0 radical (unpaired) electrons. The summed E-state index contributed by atoms with van der Waals surface area (Å²) >= 11 is 2.28. The van der Waals surface area contributed by atoms with Crippen LogP contribution in [-0.4, -0.2) is 38.1 Å². The largest absolute Gasteiger partial charge is 0.351 e. The Morgan fingerprint density at radius 1 is 1.14 bits per heavy atom. The first kappa shape index (κ1) is 24.3. The van der Waals surface area contributed by atoms with Crippen LogP contribution < -0.4 is 5.01 Å². The molecule has 7 nitrogen and oxygen atoms in total. The number of halogens is 1. The number of anilines is 1. The monoisotopic (exact) mass is 601 g/mol. The van der Waals surface area contributed by atoms with E-state index in [1.54, 1.807) is 12.4 Å². The van der Waals surface area contributed by atoms with Gasteiger partial charge in [-0.25, -0.2) is 13.4 Å². The molecule has 2 unspecified atom stereocenters. The third-order valence-corrected chi connectivity index (χ3v) is 11.1. The summed E-state index contributed by atoms with van der Waals surface area (Å²) in [5, 5.41) is 10.8.